The lowest BCUT2D eigenvalue weighted by Gasteiger charge is -2.12. The quantitative estimate of drug-likeness (QED) is 0.0868. The van der Waals surface area contributed by atoms with Crippen molar-refractivity contribution < 1.29 is 9.90 Å². The highest BCUT2D eigenvalue weighted by Crippen LogP contribution is 2.20. The fourth-order valence-electron chi connectivity index (χ4n) is 5.86. The predicted octanol–water partition coefficient (Wildman–Crippen LogP) is 13.1. The van der Waals surface area contributed by atoms with Crippen LogP contribution in [0.2, 0.25) is 0 Å². The molecule has 228 valence electrons. The van der Waals surface area contributed by atoms with Crippen LogP contribution in [0.15, 0.2) is 0 Å². The molecule has 0 heterocycles. The van der Waals surface area contributed by atoms with E-state index in [9.17, 15) is 9.90 Å². The largest absolute Gasteiger partial charge is 0.481 e. The molecular formula is C36H72O2. The first-order chi connectivity index (χ1) is 18.6. The van der Waals surface area contributed by atoms with Gasteiger partial charge in [0.15, 0.2) is 0 Å². The molecule has 38 heavy (non-hydrogen) atoms. The van der Waals surface area contributed by atoms with Crippen molar-refractivity contribution in [2.45, 2.75) is 213 Å². The number of carboxylic acid groups (broad SMARTS) is 1. The van der Waals surface area contributed by atoms with E-state index in [4.69, 9.17) is 0 Å². The van der Waals surface area contributed by atoms with E-state index in [1.54, 1.807) is 0 Å². The number of aliphatic carboxylic acids is 1. The zero-order chi connectivity index (χ0) is 27.9. The lowest BCUT2D eigenvalue weighted by atomic mass is 9.94. The summed E-state index contributed by atoms with van der Waals surface area (Å²) in [5.74, 6) is 0.205. The second-order valence-corrected chi connectivity index (χ2v) is 13.0. The van der Waals surface area contributed by atoms with Crippen LogP contribution in [0.1, 0.15) is 213 Å². The summed E-state index contributed by atoms with van der Waals surface area (Å²) in [6.07, 6.45) is 39.9. The van der Waals surface area contributed by atoms with Crippen molar-refractivity contribution in [3.63, 3.8) is 0 Å². The Hall–Kier alpha value is -0.530. The van der Waals surface area contributed by atoms with Gasteiger partial charge in [-0.05, 0) is 18.8 Å². The number of hydrogen-bond donors (Lipinski definition) is 1. The average Bonchev–Trinajstić information content (AvgIpc) is 2.89. The van der Waals surface area contributed by atoms with E-state index in [2.05, 4.69) is 20.8 Å². The van der Waals surface area contributed by atoms with Gasteiger partial charge in [-0.25, -0.2) is 0 Å². The molecule has 0 aromatic heterocycles. The number of carboxylic acids is 1. The van der Waals surface area contributed by atoms with E-state index in [-0.39, 0.29) is 5.92 Å². The summed E-state index contributed by atoms with van der Waals surface area (Å²) in [5, 5.41) is 9.60. The van der Waals surface area contributed by atoms with E-state index in [0.29, 0.717) is 0 Å². The zero-order valence-corrected chi connectivity index (χ0v) is 26.7. The summed E-state index contributed by atoms with van der Waals surface area (Å²) in [6.45, 7) is 6.94. The topological polar surface area (TPSA) is 37.3 Å². The van der Waals surface area contributed by atoms with Gasteiger partial charge in [0.05, 0.1) is 5.92 Å². The molecule has 0 aliphatic heterocycles. The Morgan fingerprint density at radius 3 is 0.895 bits per heavy atom. The third kappa shape index (κ3) is 30.0. The number of rotatable bonds is 32. The molecule has 0 rings (SSSR count). The maximum absolute atomic E-state index is 11.7. The normalized spacial score (nSPS) is 12.4. The van der Waals surface area contributed by atoms with Crippen LogP contribution in [0, 0.1) is 11.8 Å². The van der Waals surface area contributed by atoms with Gasteiger partial charge >= 0.3 is 5.97 Å². The molecule has 1 N–H and O–H groups in total. The van der Waals surface area contributed by atoms with Gasteiger partial charge in [0.2, 0.25) is 0 Å². The molecule has 0 aromatic carbocycles. The van der Waals surface area contributed by atoms with Crippen LogP contribution in [0.5, 0.6) is 0 Å². The number of carbonyl (C=O) groups is 1. The minimum Gasteiger partial charge on any atom is -0.481 e. The summed E-state index contributed by atoms with van der Waals surface area (Å²) in [4.78, 5) is 11.7. The van der Waals surface area contributed by atoms with Crippen molar-refractivity contribution in [3.8, 4) is 0 Å². The first kappa shape index (κ1) is 37.5. The molecule has 2 heteroatoms. The zero-order valence-electron chi connectivity index (χ0n) is 26.7. The van der Waals surface area contributed by atoms with Crippen LogP contribution in [0.4, 0.5) is 0 Å². The Morgan fingerprint density at radius 2 is 0.658 bits per heavy atom. The molecule has 0 bridgehead atoms. The van der Waals surface area contributed by atoms with Crippen LogP contribution in [-0.2, 0) is 4.79 Å². The van der Waals surface area contributed by atoms with Crippen molar-refractivity contribution in [2.75, 3.05) is 0 Å². The lowest BCUT2D eigenvalue weighted by Crippen LogP contribution is -2.13. The molecule has 0 aliphatic rings. The van der Waals surface area contributed by atoms with E-state index >= 15 is 0 Å². The molecule has 0 fully saturated rings. The fourth-order valence-corrected chi connectivity index (χ4v) is 5.86. The van der Waals surface area contributed by atoms with Gasteiger partial charge in [-0.3, -0.25) is 4.79 Å². The fraction of sp³-hybridized carbons (Fsp3) is 0.972. The van der Waals surface area contributed by atoms with Crippen molar-refractivity contribution in [3.05, 3.63) is 0 Å². The molecular weight excluding hydrogens is 464 g/mol. The van der Waals surface area contributed by atoms with Crippen LogP contribution < -0.4 is 0 Å². The van der Waals surface area contributed by atoms with Gasteiger partial charge in [0.25, 0.3) is 0 Å². The summed E-state index contributed by atoms with van der Waals surface area (Å²) < 4.78 is 0. The SMILES string of the molecule is CCCCCCCCCCCCCCCCCCC(CCCCCCCCCCCCCC(C)C)C(=O)O. The Balaban J connectivity index is 3.39. The van der Waals surface area contributed by atoms with Gasteiger partial charge in [-0.15, -0.1) is 0 Å². The third-order valence-corrected chi connectivity index (χ3v) is 8.59. The molecule has 0 saturated carbocycles. The summed E-state index contributed by atoms with van der Waals surface area (Å²) in [6, 6.07) is 0. The Morgan fingerprint density at radius 1 is 0.421 bits per heavy atom. The van der Waals surface area contributed by atoms with Crippen LogP contribution >= 0.6 is 0 Å². The van der Waals surface area contributed by atoms with Crippen molar-refractivity contribution >= 4 is 5.97 Å². The Bertz CT molecular complexity index is 458. The molecule has 0 aromatic rings. The average molecular weight is 537 g/mol. The number of unbranched alkanes of at least 4 members (excludes halogenated alkanes) is 25. The molecule has 0 amide bonds. The van der Waals surface area contributed by atoms with Gasteiger partial charge < -0.3 is 5.11 Å². The van der Waals surface area contributed by atoms with Crippen LogP contribution in [0.25, 0.3) is 0 Å². The molecule has 0 aliphatic carbocycles. The Labute approximate surface area is 240 Å². The van der Waals surface area contributed by atoms with Crippen molar-refractivity contribution in [1.29, 1.82) is 0 Å². The molecule has 0 spiro atoms. The van der Waals surface area contributed by atoms with Gasteiger partial charge in [-0.2, -0.15) is 0 Å². The molecule has 1 unspecified atom stereocenters. The van der Waals surface area contributed by atoms with E-state index in [0.717, 1.165) is 31.6 Å². The van der Waals surface area contributed by atoms with E-state index in [1.165, 1.54) is 167 Å². The monoisotopic (exact) mass is 537 g/mol. The van der Waals surface area contributed by atoms with Crippen LogP contribution in [0.3, 0.4) is 0 Å². The summed E-state index contributed by atoms with van der Waals surface area (Å²) in [5.41, 5.74) is 0. The highest BCUT2D eigenvalue weighted by atomic mass is 16.4. The van der Waals surface area contributed by atoms with Crippen molar-refractivity contribution in [1.82, 2.24) is 0 Å². The standard InChI is InChI=1S/C36H72O2/c1-4-5-6-7-8-9-10-11-12-13-14-17-20-23-26-29-32-35(36(37)38)33-30-27-24-21-18-15-16-19-22-25-28-31-34(2)3/h34-35H,4-33H2,1-3H3,(H,37,38). The first-order valence-electron chi connectivity index (χ1n) is 17.8. The molecule has 2 nitrogen and oxygen atoms in total. The Kier molecular flexibility index (Phi) is 30.6. The van der Waals surface area contributed by atoms with E-state index < -0.39 is 5.97 Å². The van der Waals surface area contributed by atoms with E-state index in [1.807, 2.05) is 0 Å². The summed E-state index contributed by atoms with van der Waals surface area (Å²) >= 11 is 0. The highest BCUT2D eigenvalue weighted by molar-refractivity contribution is 5.69. The van der Waals surface area contributed by atoms with Gasteiger partial charge in [0, 0.05) is 0 Å². The smallest absolute Gasteiger partial charge is 0.306 e. The van der Waals surface area contributed by atoms with Gasteiger partial charge in [-0.1, -0.05) is 201 Å². The van der Waals surface area contributed by atoms with Crippen molar-refractivity contribution in [2.24, 2.45) is 11.8 Å². The first-order valence-corrected chi connectivity index (χ1v) is 17.8. The maximum Gasteiger partial charge on any atom is 0.306 e. The predicted molar refractivity (Wildman–Crippen MR) is 170 cm³/mol. The maximum atomic E-state index is 11.7. The third-order valence-electron chi connectivity index (χ3n) is 8.59. The lowest BCUT2D eigenvalue weighted by molar-refractivity contribution is -0.142. The minimum atomic E-state index is -0.556. The van der Waals surface area contributed by atoms with Crippen LogP contribution in [-0.4, -0.2) is 11.1 Å². The molecule has 1 atom stereocenters. The highest BCUT2D eigenvalue weighted by Gasteiger charge is 2.16. The summed E-state index contributed by atoms with van der Waals surface area (Å²) in [7, 11) is 0. The van der Waals surface area contributed by atoms with Gasteiger partial charge in [0.1, 0.15) is 0 Å². The number of hydrogen-bond acceptors (Lipinski definition) is 1. The second-order valence-electron chi connectivity index (χ2n) is 13.0. The second kappa shape index (κ2) is 31.0. The minimum absolute atomic E-state index is 0.0997. The molecule has 0 saturated heterocycles. The molecule has 0 radical (unpaired) electrons.